The number of anilines is 2. The molecule has 8 heteroatoms. The lowest BCUT2D eigenvalue weighted by molar-refractivity contribution is -0.119. The molecule has 1 aliphatic heterocycles. The van der Waals surface area contributed by atoms with Crippen LogP contribution in [0.25, 0.3) is 0 Å². The molecule has 26 heavy (non-hydrogen) atoms. The molecule has 2 aromatic rings. The van der Waals surface area contributed by atoms with Gasteiger partial charge < -0.3 is 14.6 Å². The van der Waals surface area contributed by atoms with Crippen molar-refractivity contribution < 1.29 is 17.6 Å². The summed E-state index contributed by atoms with van der Waals surface area (Å²) < 4.78 is 30.6. The molecule has 140 valence electrons. The highest BCUT2D eigenvalue weighted by Crippen LogP contribution is 2.25. The highest BCUT2D eigenvalue weighted by molar-refractivity contribution is 7.92. The van der Waals surface area contributed by atoms with Crippen LogP contribution in [0.3, 0.4) is 0 Å². The van der Waals surface area contributed by atoms with Crippen molar-refractivity contribution in [2.45, 2.75) is 19.4 Å². The Kier molecular flexibility index (Phi) is 5.51. The molecule has 0 saturated carbocycles. The van der Waals surface area contributed by atoms with Gasteiger partial charge in [-0.25, -0.2) is 8.42 Å². The van der Waals surface area contributed by atoms with Crippen LogP contribution in [-0.4, -0.2) is 40.2 Å². The van der Waals surface area contributed by atoms with Gasteiger partial charge in [-0.3, -0.25) is 9.10 Å². The van der Waals surface area contributed by atoms with Crippen molar-refractivity contribution >= 4 is 27.3 Å². The van der Waals surface area contributed by atoms with Gasteiger partial charge in [0.05, 0.1) is 24.8 Å². The van der Waals surface area contributed by atoms with Crippen LogP contribution < -0.4 is 14.5 Å². The molecule has 0 spiro atoms. The summed E-state index contributed by atoms with van der Waals surface area (Å²) in [5, 5.41) is 2.67. The minimum atomic E-state index is -3.58. The maximum absolute atomic E-state index is 12.2. The number of hydrogen-bond donors (Lipinski definition) is 1. The van der Waals surface area contributed by atoms with Crippen LogP contribution in [0.5, 0.6) is 0 Å². The van der Waals surface area contributed by atoms with E-state index in [9.17, 15) is 13.2 Å². The summed E-state index contributed by atoms with van der Waals surface area (Å²) in [5.41, 5.74) is 1.55. The van der Waals surface area contributed by atoms with E-state index in [1.165, 1.54) is 19.1 Å². The Bertz CT molecular complexity index is 826. The molecular formula is C18H23N3O4S. The van der Waals surface area contributed by atoms with Crippen molar-refractivity contribution in [1.29, 1.82) is 0 Å². The van der Waals surface area contributed by atoms with Crippen molar-refractivity contribution in [2.24, 2.45) is 0 Å². The Morgan fingerprint density at radius 2 is 1.88 bits per heavy atom. The van der Waals surface area contributed by atoms with Crippen LogP contribution in [0.2, 0.25) is 0 Å². The van der Waals surface area contributed by atoms with Gasteiger partial charge in [-0.1, -0.05) is 0 Å². The molecule has 1 aliphatic rings. The number of nitrogens with zero attached hydrogens (tertiary/aromatic N) is 2. The van der Waals surface area contributed by atoms with Gasteiger partial charge in [0.15, 0.2) is 0 Å². The number of carbonyl (C=O) groups is 1. The Balaban J connectivity index is 1.68. The number of sulfonamides is 1. The van der Waals surface area contributed by atoms with E-state index >= 15 is 0 Å². The third kappa shape index (κ3) is 4.57. The topological polar surface area (TPSA) is 82.9 Å². The second-order valence-corrected chi connectivity index (χ2v) is 8.24. The molecule has 1 aromatic heterocycles. The molecule has 3 rings (SSSR count). The predicted molar refractivity (Wildman–Crippen MR) is 101 cm³/mol. The first kappa shape index (κ1) is 18.3. The Labute approximate surface area is 153 Å². The normalized spacial score (nSPS) is 14.4. The van der Waals surface area contributed by atoms with Gasteiger partial charge in [0.2, 0.25) is 15.9 Å². The summed E-state index contributed by atoms with van der Waals surface area (Å²) in [7, 11) is -3.58. The fourth-order valence-corrected chi connectivity index (χ4v) is 3.85. The van der Waals surface area contributed by atoms with E-state index in [0.717, 1.165) is 29.3 Å². The van der Waals surface area contributed by atoms with Crippen molar-refractivity contribution in [1.82, 2.24) is 5.32 Å². The average Bonchev–Trinajstić information content (AvgIpc) is 3.30. The van der Waals surface area contributed by atoms with E-state index in [4.69, 9.17) is 4.42 Å². The molecule has 1 amide bonds. The van der Waals surface area contributed by atoms with Gasteiger partial charge in [0.1, 0.15) is 12.3 Å². The summed E-state index contributed by atoms with van der Waals surface area (Å²) in [5.74, 6) is 0.217. The van der Waals surface area contributed by atoms with Crippen molar-refractivity contribution in [2.75, 3.05) is 35.1 Å². The minimum absolute atomic E-state index is 0.220. The number of amides is 1. The first-order valence-electron chi connectivity index (χ1n) is 8.55. The lowest BCUT2D eigenvalue weighted by atomic mass is 10.2. The summed E-state index contributed by atoms with van der Waals surface area (Å²) >= 11 is 0. The third-order valence-electron chi connectivity index (χ3n) is 4.34. The van der Waals surface area contributed by atoms with Crippen molar-refractivity contribution in [3.63, 3.8) is 0 Å². The van der Waals surface area contributed by atoms with E-state index < -0.39 is 15.9 Å². The maximum atomic E-state index is 12.2. The third-order valence-corrected chi connectivity index (χ3v) is 5.48. The van der Waals surface area contributed by atoms with Crippen LogP contribution >= 0.6 is 0 Å². The maximum Gasteiger partial charge on any atom is 0.241 e. The zero-order valence-corrected chi connectivity index (χ0v) is 15.5. The highest BCUT2D eigenvalue weighted by atomic mass is 32.2. The monoisotopic (exact) mass is 377 g/mol. The first-order chi connectivity index (χ1) is 12.4. The first-order valence-corrected chi connectivity index (χ1v) is 10.4. The van der Waals surface area contributed by atoms with E-state index in [1.54, 1.807) is 24.3 Å². The molecule has 0 bridgehead atoms. The molecule has 0 atom stereocenters. The summed E-state index contributed by atoms with van der Waals surface area (Å²) in [6.07, 6.45) is 4.97. The summed E-state index contributed by atoms with van der Waals surface area (Å²) in [4.78, 5) is 14.4. The number of carbonyl (C=O) groups excluding carboxylic acids is 1. The molecule has 2 heterocycles. The molecule has 1 saturated heterocycles. The largest absolute Gasteiger partial charge is 0.467 e. The average molecular weight is 377 g/mol. The quantitative estimate of drug-likeness (QED) is 0.798. The van der Waals surface area contributed by atoms with Gasteiger partial charge in [-0.05, 0) is 49.2 Å². The second-order valence-electron chi connectivity index (χ2n) is 6.34. The Hall–Kier alpha value is -2.48. The van der Waals surface area contributed by atoms with E-state index in [0.29, 0.717) is 11.4 Å². The summed E-state index contributed by atoms with van der Waals surface area (Å²) in [6.45, 7) is 1.98. The molecule has 1 fully saturated rings. The number of nitrogens with one attached hydrogen (secondary N) is 1. The molecule has 1 N–H and O–H groups in total. The van der Waals surface area contributed by atoms with Gasteiger partial charge >= 0.3 is 0 Å². The molecule has 7 nitrogen and oxygen atoms in total. The van der Waals surface area contributed by atoms with Crippen molar-refractivity contribution in [3.05, 3.63) is 48.4 Å². The standard InChI is InChI=1S/C18H23N3O4S/c1-26(23,24)21(14-18(22)19-13-17-5-4-12-25-17)16-8-6-15(7-9-16)20-10-2-3-11-20/h4-9,12H,2-3,10-11,13-14H2,1H3,(H,19,22). The van der Waals surface area contributed by atoms with Crippen LogP contribution in [0.15, 0.2) is 47.1 Å². The Morgan fingerprint density at radius 1 is 1.19 bits per heavy atom. The SMILES string of the molecule is CS(=O)(=O)N(CC(=O)NCc1ccco1)c1ccc(N2CCCC2)cc1. The van der Waals surface area contributed by atoms with Crippen LogP contribution in [0.1, 0.15) is 18.6 Å². The summed E-state index contributed by atoms with van der Waals surface area (Å²) in [6, 6.07) is 10.8. The highest BCUT2D eigenvalue weighted by Gasteiger charge is 2.21. The number of hydrogen-bond acceptors (Lipinski definition) is 5. The van der Waals surface area contributed by atoms with Gasteiger partial charge in [-0.15, -0.1) is 0 Å². The van der Waals surface area contributed by atoms with Gasteiger partial charge in [-0.2, -0.15) is 0 Å². The number of rotatable bonds is 7. The predicted octanol–water partition coefficient (Wildman–Crippen LogP) is 1.96. The molecule has 0 radical (unpaired) electrons. The van der Waals surface area contributed by atoms with Crippen LogP contribution in [-0.2, 0) is 21.4 Å². The van der Waals surface area contributed by atoms with E-state index in [1.807, 2.05) is 12.1 Å². The van der Waals surface area contributed by atoms with E-state index in [-0.39, 0.29) is 13.1 Å². The smallest absolute Gasteiger partial charge is 0.241 e. The lowest BCUT2D eigenvalue weighted by Crippen LogP contribution is -2.40. The minimum Gasteiger partial charge on any atom is -0.467 e. The van der Waals surface area contributed by atoms with Gasteiger partial charge in [0, 0.05) is 18.8 Å². The molecular weight excluding hydrogens is 354 g/mol. The molecule has 0 aliphatic carbocycles. The fourth-order valence-electron chi connectivity index (χ4n) is 2.99. The van der Waals surface area contributed by atoms with Crippen LogP contribution in [0.4, 0.5) is 11.4 Å². The molecule has 1 aromatic carbocycles. The lowest BCUT2D eigenvalue weighted by Gasteiger charge is -2.23. The zero-order valence-electron chi connectivity index (χ0n) is 14.7. The van der Waals surface area contributed by atoms with Crippen molar-refractivity contribution in [3.8, 4) is 0 Å². The second kappa shape index (κ2) is 7.82. The van der Waals surface area contributed by atoms with Gasteiger partial charge in [0.25, 0.3) is 0 Å². The zero-order chi connectivity index (χ0) is 18.6. The molecule has 0 unspecified atom stereocenters. The number of benzene rings is 1. The Morgan fingerprint density at radius 3 is 2.46 bits per heavy atom. The number of furan rings is 1. The van der Waals surface area contributed by atoms with Crippen LogP contribution in [0, 0.1) is 0 Å². The fraction of sp³-hybridized carbons (Fsp3) is 0.389. The van der Waals surface area contributed by atoms with E-state index in [2.05, 4.69) is 10.2 Å².